The minimum absolute atomic E-state index is 0.884. The lowest BCUT2D eigenvalue weighted by Gasteiger charge is -2.08. The quantitative estimate of drug-likeness (QED) is 0.707. The van der Waals surface area contributed by atoms with Gasteiger partial charge in [0, 0.05) is 5.33 Å². The van der Waals surface area contributed by atoms with E-state index < -0.39 is 0 Å². The zero-order chi connectivity index (χ0) is 9.14. The van der Waals surface area contributed by atoms with Gasteiger partial charge >= 0.3 is 0 Å². The van der Waals surface area contributed by atoms with Crippen LogP contribution in [-0.4, -0.2) is 7.11 Å². The maximum atomic E-state index is 5.22. The van der Waals surface area contributed by atoms with Crippen molar-refractivity contribution in [2.45, 2.75) is 19.2 Å². The van der Waals surface area contributed by atoms with E-state index in [1.165, 1.54) is 16.7 Å². The fourth-order valence-electron chi connectivity index (χ4n) is 1.24. The van der Waals surface area contributed by atoms with Crippen LogP contribution in [0.15, 0.2) is 12.1 Å². The summed E-state index contributed by atoms with van der Waals surface area (Å²) in [7, 11) is 1.70. The maximum absolute atomic E-state index is 5.22. The molecular weight excluding hydrogens is 216 g/mol. The first-order valence-corrected chi connectivity index (χ1v) is 5.01. The highest BCUT2D eigenvalue weighted by atomic mass is 79.9. The summed E-state index contributed by atoms with van der Waals surface area (Å²) in [5.74, 6) is 0.968. The lowest BCUT2D eigenvalue weighted by atomic mass is 10.1. The van der Waals surface area contributed by atoms with Gasteiger partial charge in [-0.1, -0.05) is 22.0 Å². The van der Waals surface area contributed by atoms with E-state index >= 15 is 0 Å². The molecule has 1 nitrogen and oxygen atoms in total. The van der Waals surface area contributed by atoms with Gasteiger partial charge in [0.25, 0.3) is 0 Å². The van der Waals surface area contributed by atoms with E-state index in [1.54, 1.807) is 7.11 Å². The van der Waals surface area contributed by atoms with Gasteiger partial charge in [-0.25, -0.2) is 0 Å². The van der Waals surface area contributed by atoms with Crippen LogP contribution in [0.25, 0.3) is 0 Å². The molecule has 0 N–H and O–H groups in total. The molecule has 0 aliphatic heterocycles. The number of ether oxygens (including phenoxy) is 1. The second-order valence-corrected chi connectivity index (χ2v) is 3.44. The van der Waals surface area contributed by atoms with Gasteiger partial charge in [-0.3, -0.25) is 0 Å². The van der Waals surface area contributed by atoms with Gasteiger partial charge in [-0.2, -0.15) is 0 Å². The van der Waals surface area contributed by atoms with E-state index in [2.05, 4.69) is 41.9 Å². The third-order valence-corrected chi connectivity index (χ3v) is 2.60. The Kier molecular flexibility index (Phi) is 3.15. The molecular formula is C10H13BrO. The molecule has 0 aliphatic carbocycles. The van der Waals surface area contributed by atoms with E-state index in [0.717, 1.165) is 11.1 Å². The normalized spacial score (nSPS) is 10.0. The van der Waals surface area contributed by atoms with Crippen LogP contribution in [-0.2, 0) is 5.33 Å². The molecule has 0 atom stereocenters. The predicted molar refractivity (Wildman–Crippen MR) is 55.1 cm³/mol. The number of hydrogen-bond acceptors (Lipinski definition) is 1. The molecule has 0 saturated carbocycles. The van der Waals surface area contributed by atoms with Crippen LogP contribution in [0.4, 0.5) is 0 Å². The summed E-state index contributed by atoms with van der Waals surface area (Å²) in [6.07, 6.45) is 0. The topological polar surface area (TPSA) is 9.23 Å². The fourth-order valence-corrected chi connectivity index (χ4v) is 1.84. The molecule has 2 heteroatoms. The Morgan fingerprint density at radius 2 is 1.92 bits per heavy atom. The standard InChI is InChI=1S/C10H13BrO/c1-7-4-8(2)10(12-3)5-9(7)6-11/h4-5H,6H2,1-3H3. The summed E-state index contributed by atoms with van der Waals surface area (Å²) in [5, 5.41) is 0.884. The monoisotopic (exact) mass is 228 g/mol. The number of aryl methyl sites for hydroxylation is 2. The molecule has 0 heterocycles. The van der Waals surface area contributed by atoms with Crippen molar-refractivity contribution in [2.24, 2.45) is 0 Å². The average Bonchev–Trinajstić information content (AvgIpc) is 2.05. The molecule has 0 bridgehead atoms. The third kappa shape index (κ3) is 1.81. The number of alkyl halides is 1. The molecule has 0 aliphatic rings. The van der Waals surface area contributed by atoms with Gasteiger partial charge in [0.15, 0.2) is 0 Å². The molecule has 0 saturated heterocycles. The summed E-state index contributed by atoms with van der Waals surface area (Å²) in [6, 6.07) is 4.23. The molecule has 1 aromatic rings. The molecule has 0 fully saturated rings. The lowest BCUT2D eigenvalue weighted by molar-refractivity contribution is 0.411. The summed E-state index contributed by atoms with van der Waals surface area (Å²) in [5.41, 5.74) is 3.79. The van der Waals surface area contributed by atoms with Crippen molar-refractivity contribution >= 4 is 15.9 Å². The first-order chi connectivity index (χ1) is 5.69. The minimum Gasteiger partial charge on any atom is -0.496 e. The van der Waals surface area contributed by atoms with Crippen LogP contribution in [0.2, 0.25) is 0 Å². The highest BCUT2D eigenvalue weighted by molar-refractivity contribution is 9.08. The Balaban J connectivity index is 3.18. The van der Waals surface area contributed by atoms with Crippen molar-refractivity contribution in [3.63, 3.8) is 0 Å². The van der Waals surface area contributed by atoms with Gasteiger partial charge < -0.3 is 4.74 Å². The van der Waals surface area contributed by atoms with Gasteiger partial charge in [0.05, 0.1) is 7.11 Å². The molecule has 0 unspecified atom stereocenters. The predicted octanol–water partition coefficient (Wildman–Crippen LogP) is 3.21. The second kappa shape index (κ2) is 3.94. The van der Waals surface area contributed by atoms with Crippen LogP contribution in [0.3, 0.4) is 0 Å². The molecule has 0 amide bonds. The molecule has 66 valence electrons. The Hall–Kier alpha value is -0.500. The smallest absolute Gasteiger partial charge is 0.122 e. The first kappa shape index (κ1) is 9.59. The van der Waals surface area contributed by atoms with E-state index in [1.807, 2.05) is 0 Å². The molecule has 1 rings (SSSR count). The highest BCUT2D eigenvalue weighted by Gasteiger charge is 2.02. The number of halogens is 1. The van der Waals surface area contributed by atoms with Crippen LogP contribution in [0, 0.1) is 13.8 Å². The number of benzene rings is 1. The molecule has 0 spiro atoms. The van der Waals surface area contributed by atoms with Gasteiger partial charge in [0.1, 0.15) is 5.75 Å². The number of rotatable bonds is 2. The van der Waals surface area contributed by atoms with Gasteiger partial charge in [0.2, 0.25) is 0 Å². The third-order valence-electron chi connectivity index (χ3n) is 2.00. The Labute approximate surface area is 81.9 Å². The Bertz CT molecular complexity index is 256. The van der Waals surface area contributed by atoms with E-state index in [9.17, 15) is 0 Å². The Morgan fingerprint density at radius 1 is 1.25 bits per heavy atom. The van der Waals surface area contributed by atoms with E-state index in [0.29, 0.717) is 0 Å². The minimum atomic E-state index is 0.884. The Morgan fingerprint density at radius 3 is 2.42 bits per heavy atom. The van der Waals surface area contributed by atoms with Crippen molar-refractivity contribution in [2.75, 3.05) is 7.11 Å². The molecule has 0 aromatic heterocycles. The first-order valence-electron chi connectivity index (χ1n) is 3.89. The fraction of sp³-hybridized carbons (Fsp3) is 0.400. The van der Waals surface area contributed by atoms with E-state index in [-0.39, 0.29) is 0 Å². The van der Waals surface area contributed by atoms with Crippen LogP contribution < -0.4 is 4.74 Å². The lowest BCUT2D eigenvalue weighted by Crippen LogP contribution is -1.92. The SMILES string of the molecule is COc1cc(CBr)c(C)cc1C. The molecule has 1 aromatic carbocycles. The van der Waals surface area contributed by atoms with Crippen LogP contribution in [0.1, 0.15) is 16.7 Å². The summed E-state index contributed by atoms with van der Waals surface area (Å²) >= 11 is 3.44. The molecule has 0 radical (unpaired) electrons. The zero-order valence-corrected chi connectivity index (χ0v) is 9.23. The van der Waals surface area contributed by atoms with E-state index in [4.69, 9.17) is 4.74 Å². The van der Waals surface area contributed by atoms with Gasteiger partial charge in [-0.05, 0) is 36.6 Å². The van der Waals surface area contributed by atoms with Crippen molar-refractivity contribution in [3.05, 3.63) is 28.8 Å². The zero-order valence-electron chi connectivity index (χ0n) is 7.65. The number of methoxy groups -OCH3 is 1. The van der Waals surface area contributed by atoms with Crippen molar-refractivity contribution < 1.29 is 4.74 Å². The second-order valence-electron chi connectivity index (χ2n) is 2.88. The summed E-state index contributed by atoms with van der Waals surface area (Å²) in [6.45, 7) is 4.17. The summed E-state index contributed by atoms with van der Waals surface area (Å²) < 4.78 is 5.22. The highest BCUT2D eigenvalue weighted by Crippen LogP contribution is 2.23. The van der Waals surface area contributed by atoms with Crippen molar-refractivity contribution in [1.29, 1.82) is 0 Å². The van der Waals surface area contributed by atoms with Crippen LogP contribution in [0.5, 0.6) is 5.75 Å². The van der Waals surface area contributed by atoms with Gasteiger partial charge in [-0.15, -0.1) is 0 Å². The summed E-state index contributed by atoms with van der Waals surface area (Å²) in [4.78, 5) is 0. The largest absolute Gasteiger partial charge is 0.496 e. The van der Waals surface area contributed by atoms with Crippen molar-refractivity contribution in [1.82, 2.24) is 0 Å². The number of hydrogen-bond donors (Lipinski definition) is 0. The van der Waals surface area contributed by atoms with Crippen molar-refractivity contribution in [3.8, 4) is 5.75 Å². The van der Waals surface area contributed by atoms with Crippen LogP contribution >= 0.6 is 15.9 Å². The maximum Gasteiger partial charge on any atom is 0.122 e. The molecule has 12 heavy (non-hydrogen) atoms. The average molecular weight is 229 g/mol.